The molecule has 7 heteroatoms. The number of aromatic nitrogens is 2. The van der Waals surface area contributed by atoms with E-state index in [0.29, 0.717) is 24.5 Å². The molecule has 0 radical (unpaired) electrons. The normalized spacial score (nSPS) is 14.6. The van der Waals surface area contributed by atoms with Gasteiger partial charge in [0.15, 0.2) is 0 Å². The van der Waals surface area contributed by atoms with Crippen molar-refractivity contribution in [3.05, 3.63) is 64.9 Å². The summed E-state index contributed by atoms with van der Waals surface area (Å²) in [4.78, 5) is 29.2. The molecule has 0 bridgehead atoms. The molecular formula is C26H32ClN5O. The Morgan fingerprint density at radius 2 is 1.79 bits per heavy atom. The number of amides is 1. The standard InChI is InChI=1S/C26H32ClN5O/c1-3-24-28-23-18-21(27)10-11-22(23)26(29-24)32(19-20-8-6-5-7-9-20)13-12-25(33)31-16-14-30(4-2)15-17-31/h5-11,18H,3-4,12-17,19H2,1-2H3. The van der Waals surface area contributed by atoms with Gasteiger partial charge in [0, 0.05) is 62.5 Å². The van der Waals surface area contributed by atoms with Gasteiger partial charge in [0.2, 0.25) is 5.91 Å². The molecule has 1 amide bonds. The van der Waals surface area contributed by atoms with Crippen LogP contribution in [0.3, 0.4) is 0 Å². The number of aryl methyl sites for hydroxylation is 1. The smallest absolute Gasteiger partial charge is 0.224 e. The molecule has 1 fully saturated rings. The molecule has 1 saturated heterocycles. The lowest BCUT2D eigenvalue weighted by molar-refractivity contribution is -0.132. The molecule has 2 heterocycles. The van der Waals surface area contributed by atoms with Crippen LogP contribution in [0.4, 0.5) is 5.82 Å². The van der Waals surface area contributed by atoms with Gasteiger partial charge >= 0.3 is 0 Å². The largest absolute Gasteiger partial charge is 0.351 e. The number of carbonyl (C=O) groups is 1. The van der Waals surface area contributed by atoms with E-state index in [1.165, 1.54) is 5.56 Å². The Kier molecular flexibility index (Phi) is 7.78. The summed E-state index contributed by atoms with van der Waals surface area (Å²) < 4.78 is 0. The van der Waals surface area contributed by atoms with Crippen LogP contribution in [0, 0.1) is 0 Å². The van der Waals surface area contributed by atoms with Crippen LogP contribution < -0.4 is 4.90 Å². The number of piperazine rings is 1. The molecule has 1 aromatic heterocycles. The number of hydrogen-bond acceptors (Lipinski definition) is 5. The van der Waals surface area contributed by atoms with E-state index in [-0.39, 0.29) is 5.91 Å². The molecule has 1 aliphatic rings. The van der Waals surface area contributed by atoms with Gasteiger partial charge in [-0.3, -0.25) is 4.79 Å². The minimum Gasteiger partial charge on any atom is -0.351 e. The molecule has 1 aliphatic heterocycles. The van der Waals surface area contributed by atoms with Crippen molar-refractivity contribution in [2.45, 2.75) is 33.2 Å². The molecule has 4 rings (SSSR count). The predicted octanol–water partition coefficient (Wildman–Crippen LogP) is 4.41. The second-order valence-electron chi connectivity index (χ2n) is 8.45. The van der Waals surface area contributed by atoms with Gasteiger partial charge in [-0.15, -0.1) is 0 Å². The fourth-order valence-corrected chi connectivity index (χ4v) is 4.46. The van der Waals surface area contributed by atoms with Crippen molar-refractivity contribution in [1.29, 1.82) is 0 Å². The molecule has 174 valence electrons. The zero-order chi connectivity index (χ0) is 23.2. The van der Waals surface area contributed by atoms with Crippen molar-refractivity contribution in [3.8, 4) is 0 Å². The molecule has 0 spiro atoms. The average Bonchev–Trinajstić information content (AvgIpc) is 2.86. The lowest BCUT2D eigenvalue weighted by Crippen LogP contribution is -2.49. The molecule has 0 saturated carbocycles. The molecule has 3 aromatic rings. The van der Waals surface area contributed by atoms with Crippen LogP contribution in [-0.4, -0.2) is 64.9 Å². The second kappa shape index (κ2) is 10.9. The summed E-state index contributed by atoms with van der Waals surface area (Å²) in [7, 11) is 0. The average molecular weight is 466 g/mol. The van der Waals surface area contributed by atoms with E-state index in [2.05, 4.69) is 40.8 Å². The second-order valence-corrected chi connectivity index (χ2v) is 8.89. The first kappa shape index (κ1) is 23.5. The van der Waals surface area contributed by atoms with Gasteiger partial charge in [0.1, 0.15) is 11.6 Å². The summed E-state index contributed by atoms with van der Waals surface area (Å²) in [6.07, 6.45) is 1.19. The van der Waals surface area contributed by atoms with Crippen molar-refractivity contribution < 1.29 is 4.79 Å². The van der Waals surface area contributed by atoms with E-state index in [1.807, 2.05) is 41.3 Å². The number of benzene rings is 2. The van der Waals surface area contributed by atoms with Crippen LogP contribution in [0.15, 0.2) is 48.5 Å². The van der Waals surface area contributed by atoms with Crippen molar-refractivity contribution >= 4 is 34.2 Å². The third-order valence-corrected chi connectivity index (χ3v) is 6.52. The van der Waals surface area contributed by atoms with Gasteiger partial charge in [-0.25, -0.2) is 9.97 Å². The topological polar surface area (TPSA) is 52.6 Å². The molecule has 33 heavy (non-hydrogen) atoms. The Labute approximate surface area is 201 Å². The maximum Gasteiger partial charge on any atom is 0.224 e. The molecular weight excluding hydrogens is 434 g/mol. The van der Waals surface area contributed by atoms with E-state index in [1.54, 1.807) is 0 Å². The van der Waals surface area contributed by atoms with Crippen molar-refractivity contribution in [1.82, 2.24) is 19.8 Å². The van der Waals surface area contributed by atoms with Crippen molar-refractivity contribution in [2.75, 3.05) is 44.2 Å². The van der Waals surface area contributed by atoms with Gasteiger partial charge in [-0.2, -0.15) is 0 Å². The van der Waals surface area contributed by atoms with Crippen LogP contribution in [-0.2, 0) is 17.8 Å². The minimum atomic E-state index is 0.209. The zero-order valence-electron chi connectivity index (χ0n) is 19.5. The Balaban J connectivity index is 1.60. The van der Waals surface area contributed by atoms with Crippen LogP contribution in [0.5, 0.6) is 0 Å². The van der Waals surface area contributed by atoms with Gasteiger partial charge in [0.05, 0.1) is 5.52 Å². The van der Waals surface area contributed by atoms with Crippen LogP contribution in [0.1, 0.15) is 31.7 Å². The van der Waals surface area contributed by atoms with E-state index in [0.717, 1.165) is 61.7 Å². The first-order valence-corrected chi connectivity index (χ1v) is 12.2. The lowest BCUT2D eigenvalue weighted by Gasteiger charge is -2.34. The number of carbonyl (C=O) groups excluding carboxylic acids is 1. The van der Waals surface area contributed by atoms with Crippen molar-refractivity contribution in [3.63, 3.8) is 0 Å². The highest BCUT2D eigenvalue weighted by molar-refractivity contribution is 6.31. The lowest BCUT2D eigenvalue weighted by atomic mass is 10.1. The zero-order valence-corrected chi connectivity index (χ0v) is 20.3. The summed E-state index contributed by atoms with van der Waals surface area (Å²) in [6.45, 7) is 10.0. The molecule has 6 nitrogen and oxygen atoms in total. The van der Waals surface area contributed by atoms with E-state index < -0.39 is 0 Å². The molecule has 2 aromatic carbocycles. The molecule has 0 unspecified atom stereocenters. The number of likely N-dealkylation sites (N-methyl/N-ethyl adjacent to an activating group) is 1. The highest BCUT2D eigenvalue weighted by Gasteiger charge is 2.22. The third-order valence-electron chi connectivity index (χ3n) is 6.28. The monoisotopic (exact) mass is 465 g/mol. The Morgan fingerprint density at radius 1 is 1.03 bits per heavy atom. The van der Waals surface area contributed by atoms with E-state index in [9.17, 15) is 4.79 Å². The fraction of sp³-hybridized carbons (Fsp3) is 0.423. The van der Waals surface area contributed by atoms with Crippen LogP contribution in [0.25, 0.3) is 10.9 Å². The quantitative estimate of drug-likeness (QED) is 0.493. The summed E-state index contributed by atoms with van der Waals surface area (Å²) in [5.74, 6) is 1.85. The Morgan fingerprint density at radius 3 is 2.48 bits per heavy atom. The highest BCUT2D eigenvalue weighted by atomic mass is 35.5. The van der Waals surface area contributed by atoms with Crippen molar-refractivity contribution in [2.24, 2.45) is 0 Å². The van der Waals surface area contributed by atoms with Gasteiger partial charge in [-0.05, 0) is 30.3 Å². The summed E-state index contributed by atoms with van der Waals surface area (Å²) in [6, 6.07) is 16.1. The Bertz CT molecular complexity index is 1080. The van der Waals surface area contributed by atoms with Crippen LogP contribution >= 0.6 is 11.6 Å². The third kappa shape index (κ3) is 5.81. The van der Waals surface area contributed by atoms with E-state index in [4.69, 9.17) is 16.6 Å². The fourth-order valence-electron chi connectivity index (χ4n) is 4.30. The summed E-state index contributed by atoms with van der Waals surface area (Å²) >= 11 is 6.26. The minimum absolute atomic E-state index is 0.209. The molecule has 0 N–H and O–H groups in total. The van der Waals surface area contributed by atoms with Gasteiger partial charge < -0.3 is 14.7 Å². The number of fused-ring (bicyclic) bond motifs is 1. The first-order valence-electron chi connectivity index (χ1n) is 11.8. The highest BCUT2D eigenvalue weighted by Crippen LogP contribution is 2.28. The number of hydrogen-bond donors (Lipinski definition) is 0. The number of halogens is 1. The SMILES string of the molecule is CCc1nc(N(CCC(=O)N2CCN(CC)CC2)Cc2ccccc2)c2ccc(Cl)cc2n1. The first-order chi connectivity index (χ1) is 16.1. The van der Waals surface area contributed by atoms with Gasteiger partial charge in [-0.1, -0.05) is 55.8 Å². The number of anilines is 1. The summed E-state index contributed by atoms with van der Waals surface area (Å²) in [5, 5.41) is 1.61. The maximum atomic E-state index is 13.0. The summed E-state index contributed by atoms with van der Waals surface area (Å²) in [5.41, 5.74) is 2.02. The molecule has 0 atom stereocenters. The van der Waals surface area contributed by atoms with E-state index >= 15 is 0 Å². The van der Waals surface area contributed by atoms with Crippen LogP contribution in [0.2, 0.25) is 5.02 Å². The number of nitrogens with zero attached hydrogens (tertiary/aromatic N) is 5. The number of rotatable bonds is 8. The maximum absolute atomic E-state index is 13.0. The predicted molar refractivity (Wildman–Crippen MR) is 135 cm³/mol. The molecule has 0 aliphatic carbocycles. The van der Waals surface area contributed by atoms with Gasteiger partial charge in [0.25, 0.3) is 0 Å². The Hall–Kier alpha value is -2.70.